The molecule has 0 N–H and O–H groups in total. The molecule has 1 aromatic rings. The van der Waals surface area contributed by atoms with Crippen LogP contribution in [0.25, 0.3) is 0 Å². The molecule has 1 unspecified atom stereocenters. The highest BCUT2D eigenvalue weighted by Gasteiger charge is 2.24. The first-order chi connectivity index (χ1) is 9.15. The molecule has 0 spiro atoms. The minimum absolute atomic E-state index is 0.371. The molecule has 0 radical (unpaired) electrons. The van der Waals surface area contributed by atoms with Gasteiger partial charge in [0.15, 0.2) is 5.50 Å². The Kier molecular flexibility index (Phi) is 4.98. The molecule has 0 amide bonds. The third-order valence-corrected chi connectivity index (χ3v) is 4.46. The van der Waals surface area contributed by atoms with Crippen LogP contribution in [0.5, 0.6) is 0 Å². The summed E-state index contributed by atoms with van der Waals surface area (Å²) in [4.78, 5) is 10.8. The number of nitroso groups, excluding NO2 is 1. The van der Waals surface area contributed by atoms with E-state index in [1.54, 1.807) is 0 Å². The highest BCUT2D eigenvalue weighted by Crippen LogP contribution is 2.40. The lowest BCUT2D eigenvalue weighted by Gasteiger charge is -2.27. The van der Waals surface area contributed by atoms with Gasteiger partial charge >= 0.3 is 0 Å². The average Bonchev–Trinajstić information content (AvgIpc) is 2.46. The van der Waals surface area contributed by atoms with Gasteiger partial charge in [0.1, 0.15) is 0 Å². The number of hydrogen-bond donors (Lipinski definition) is 0. The summed E-state index contributed by atoms with van der Waals surface area (Å²) in [6.45, 7) is 4.33. The van der Waals surface area contributed by atoms with Crippen molar-refractivity contribution in [3.8, 4) is 0 Å². The van der Waals surface area contributed by atoms with Crippen molar-refractivity contribution in [3.63, 3.8) is 0 Å². The van der Waals surface area contributed by atoms with Gasteiger partial charge in [0.2, 0.25) is 0 Å². The zero-order valence-electron chi connectivity index (χ0n) is 11.7. The predicted molar refractivity (Wildman–Crippen MR) is 80.7 cm³/mol. The Morgan fingerprint density at radius 3 is 2.47 bits per heavy atom. The van der Waals surface area contributed by atoms with Crippen LogP contribution < -0.4 is 0 Å². The zero-order valence-corrected chi connectivity index (χ0v) is 12.5. The van der Waals surface area contributed by atoms with E-state index in [0.29, 0.717) is 11.8 Å². The molecule has 1 aliphatic carbocycles. The highest BCUT2D eigenvalue weighted by molar-refractivity contribution is 6.20. The van der Waals surface area contributed by atoms with E-state index in [9.17, 15) is 4.91 Å². The van der Waals surface area contributed by atoms with Crippen molar-refractivity contribution >= 4 is 11.6 Å². The van der Waals surface area contributed by atoms with Crippen molar-refractivity contribution in [2.45, 2.75) is 63.3 Å². The van der Waals surface area contributed by atoms with Crippen molar-refractivity contribution in [1.82, 2.24) is 0 Å². The molecule has 19 heavy (non-hydrogen) atoms. The second-order valence-electron chi connectivity index (χ2n) is 5.78. The Morgan fingerprint density at radius 2 is 1.89 bits per heavy atom. The van der Waals surface area contributed by atoms with E-state index in [2.05, 4.69) is 25.1 Å². The Hall–Kier alpha value is -0.890. The third kappa shape index (κ3) is 3.17. The number of rotatable bonds is 4. The summed E-state index contributed by atoms with van der Waals surface area (Å²) in [6, 6.07) is 6.18. The van der Waals surface area contributed by atoms with Crippen LogP contribution in [-0.2, 0) is 0 Å². The molecule has 1 aromatic carbocycles. The number of benzene rings is 1. The van der Waals surface area contributed by atoms with Gasteiger partial charge in [-0.15, -0.1) is 4.91 Å². The number of halogens is 1. The quantitative estimate of drug-likeness (QED) is 0.385. The standard InChI is InChI=1S/C16H22ClNO/c1-11(2)15-13(12-7-4-3-5-8-12)9-6-10-14(15)16(17)18-19/h6,9-12,16H,3-5,7-8H2,1-2H3. The van der Waals surface area contributed by atoms with Crippen molar-refractivity contribution in [3.05, 3.63) is 39.8 Å². The molecular formula is C16H22ClNO. The fraction of sp³-hybridized carbons (Fsp3) is 0.625. The van der Waals surface area contributed by atoms with Crippen molar-refractivity contribution in [2.75, 3.05) is 0 Å². The van der Waals surface area contributed by atoms with Crippen LogP contribution in [0.3, 0.4) is 0 Å². The molecule has 1 fully saturated rings. The lowest BCUT2D eigenvalue weighted by molar-refractivity contribution is 0.440. The Bertz CT molecular complexity index is 438. The average molecular weight is 280 g/mol. The van der Waals surface area contributed by atoms with Gasteiger partial charge in [-0.25, -0.2) is 0 Å². The molecule has 0 heterocycles. The van der Waals surface area contributed by atoms with Crippen LogP contribution in [-0.4, -0.2) is 0 Å². The summed E-state index contributed by atoms with van der Waals surface area (Å²) < 4.78 is 0. The molecule has 1 saturated carbocycles. The second kappa shape index (κ2) is 6.51. The monoisotopic (exact) mass is 279 g/mol. The first-order valence-electron chi connectivity index (χ1n) is 7.24. The first kappa shape index (κ1) is 14.5. The third-order valence-electron chi connectivity index (χ3n) is 4.15. The summed E-state index contributed by atoms with van der Waals surface area (Å²) >= 11 is 6.07. The van der Waals surface area contributed by atoms with Gasteiger partial charge in [0.25, 0.3) is 0 Å². The molecule has 1 aliphatic rings. The van der Waals surface area contributed by atoms with Crippen LogP contribution in [0, 0.1) is 4.91 Å². The minimum Gasteiger partial charge on any atom is -0.149 e. The van der Waals surface area contributed by atoms with Crippen molar-refractivity contribution in [1.29, 1.82) is 0 Å². The maximum absolute atomic E-state index is 10.8. The van der Waals surface area contributed by atoms with Gasteiger partial charge < -0.3 is 0 Å². The van der Waals surface area contributed by atoms with E-state index in [-0.39, 0.29) is 0 Å². The fourth-order valence-corrected chi connectivity index (χ4v) is 3.49. The van der Waals surface area contributed by atoms with Crippen LogP contribution in [0.15, 0.2) is 23.4 Å². The van der Waals surface area contributed by atoms with E-state index in [1.807, 2.05) is 12.1 Å². The van der Waals surface area contributed by atoms with Crippen molar-refractivity contribution in [2.24, 2.45) is 5.18 Å². The molecule has 2 nitrogen and oxygen atoms in total. The second-order valence-corrected chi connectivity index (χ2v) is 6.19. The van der Waals surface area contributed by atoms with E-state index in [0.717, 1.165) is 5.56 Å². The lowest BCUT2D eigenvalue weighted by atomic mass is 9.78. The number of alkyl halides is 1. The largest absolute Gasteiger partial charge is 0.190 e. The fourth-order valence-electron chi connectivity index (χ4n) is 3.30. The summed E-state index contributed by atoms with van der Waals surface area (Å²) in [7, 11) is 0. The molecule has 0 saturated heterocycles. The van der Waals surface area contributed by atoms with Gasteiger partial charge in [0.05, 0.1) is 0 Å². The normalized spacial score (nSPS) is 18.5. The zero-order chi connectivity index (χ0) is 13.8. The first-order valence-corrected chi connectivity index (χ1v) is 7.68. The SMILES string of the molecule is CC(C)c1c(C2CCCCC2)cccc1C(Cl)N=O. The maximum atomic E-state index is 10.8. The van der Waals surface area contributed by atoms with Crippen molar-refractivity contribution < 1.29 is 0 Å². The molecule has 2 rings (SSSR count). The lowest BCUT2D eigenvalue weighted by Crippen LogP contribution is -2.10. The van der Waals surface area contributed by atoms with Gasteiger partial charge in [-0.3, -0.25) is 0 Å². The van der Waals surface area contributed by atoms with Gasteiger partial charge in [-0.2, -0.15) is 0 Å². The summed E-state index contributed by atoms with van der Waals surface area (Å²) in [5, 5.41) is 3.00. The van der Waals surface area contributed by atoms with Crippen LogP contribution in [0.2, 0.25) is 0 Å². The van der Waals surface area contributed by atoms with Gasteiger partial charge in [-0.05, 0) is 46.5 Å². The molecule has 0 bridgehead atoms. The molecule has 3 heteroatoms. The van der Waals surface area contributed by atoms with E-state index in [1.165, 1.54) is 43.2 Å². The van der Waals surface area contributed by atoms with E-state index < -0.39 is 5.50 Å². The van der Waals surface area contributed by atoms with E-state index in [4.69, 9.17) is 11.6 Å². The number of nitrogens with zero attached hydrogens (tertiary/aromatic N) is 1. The molecule has 0 aliphatic heterocycles. The molecular weight excluding hydrogens is 258 g/mol. The maximum Gasteiger partial charge on any atom is 0.190 e. The van der Waals surface area contributed by atoms with Crippen LogP contribution >= 0.6 is 11.6 Å². The molecule has 104 valence electrons. The summed E-state index contributed by atoms with van der Waals surface area (Å²) in [5.41, 5.74) is 2.77. The van der Waals surface area contributed by atoms with Gasteiger partial charge in [-0.1, -0.05) is 62.9 Å². The smallest absolute Gasteiger partial charge is 0.149 e. The summed E-state index contributed by atoms with van der Waals surface area (Å²) in [6.07, 6.45) is 6.47. The van der Waals surface area contributed by atoms with E-state index >= 15 is 0 Å². The van der Waals surface area contributed by atoms with Crippen LogP contribution in [0.4, 0.5) is 0 Å². The molecule has 1 atom stereocenters. The van der Waals surface area contributed by atoms with Gasteiger partial charge in [0, 0.05) is 0 Å². The Balaban J connectivity index is 2.44. The minimum atomic E-state index is -0.763. The Labute approximate surface area is 120 Å². The molecule has 0 aromatic heterocycles. The Morgan fingerprint density at radius 1 is 1.21 bits per heavy atom. The topological polar surface area (TPSA) is 29.4 Å². The number of hydrogen-bond acceptors (Lipinski definition) is 2. The van der Waals surface area contributed by atoms with Crippen LogP contribution in [0.1, 0.15) is 80.0 Å². The summed E-state index contributed by atoms with van der Waals surface area (Å²) in [5.74, 6) is 0.998. The highest BCUT2D eigenvalue weighted by atomic mass is 35.5. The predicted octanol–water partition coefficient (Wildman–Crippen LogP) is 5.86.